The van der Waals surface area contributed by atoms with Crippen LogP contribution in [0.3, 0.4) is 0 Å². The van der Waals surface area contributed by atoms with Gasteiger partial charge in [0.2, 0.25) is 0 Å². The maximum Gasteiger partial charge on any atom is 0.274 e. The van der Waals surface area contributed by atoms with Crippen molar-refractivity contribution in [2.45, 2.75) is 20.8 Å². The highest BCUT2D eigenvalue weighted by atomic mass is 35.5. The van der Waals surface area contributed by atoms with E-state index in [1.165, 1.54) is 19.1 Å². The predicted molar refractivity (Wildman–Crippen MR) is 72.5 cm³/mol. The average molecular weight is 276 g/mol. The summed E-state index contributed by atoms with van der Waals surface area (Å²) in [5.41, 5.74) is 0.457. The number of benzene rings is 1. The van der Waals surface area contributed by atoms with Gasteiger partial charge in [0.1, 0.15) is 0 Å². The Balaban J connectivity index is 0. The molecule has 0 heterocycles. The third-order valence-electron chi connectivity index (χ3n) is 1.71. The number of hydrogen-bond acceptors (Lipinski definition) is 4. The van der Waals surface area contributed by atoms with Crippen LogP contribution in [0.15, 0.2) is 12.1 Å². The Hall–Kier alpha value is -1.46. The molecule has 0 saturated heterocycles. The molecule has 0 aliphatic rings. The van der Waals surface area contributed by atoms with Crippen molar-refractivity contribution in [2.24, 2.45) is 0 Å². The number of halogens is 1. The lowest BCUT2D eigenvalue weighted by molar-refractivity contribution is -0.385. The van der Waals surface area contributed by atoms with Gasteiger partial charge in [-0.25, -0.2) is 0 Å². The molecule has 0 aromatic heterocycles. The second kappa shape index (κ2) is 10.7. The van der Waals surface area contributed by atoms with Crippen molar-refractivity contribution in [3.63, 3.8) is 0 Å². The molecule has 0 N–H and O–H groups in total. The predicted octanol–water partition coefficient (Wildman–Crippen LogP) is 3.66. The van der Waals surface area contributed by atoms with Gasteiger partial charge >= 0.3 is 0 Å². The first-order valence-electron chi connectivity index (χ1n) is 5.27. The Bertz CT molecular complexity index is 394. The van der Waals surface area contributed by atoms with Gasteiger partial charge in [0.05, 0.1) is 4.92 Å². The number of nitro groups is 1. The first-order chi connectivity index (χ1) is 8.47. The number of carbonyl (C=O) groups excluding carboxylic acids is 1. The monoisotopic (exact) mass is 275 g/mol. The molecule has 1 aromatic carbocycles. The Morgan fingerprint density at radius 1 is 1.33 bits per heavy atom. The third-order valence-corrected chi connectivity index (χ3v) is 1.93. The van der Waals surface area contributed by atoms with Crippen LogP contribution in [0.1, 0.15) is 29.8 Å². The highest BCUT2D eigenvalue weighted by Crippen LogP contribution is 2.25. The summed E-state index contributed by atoms with van der Waals surface area (Å²) >= 11 is 5.58. The SMILES string of the molecule is CC.COC.Cc1c(C=O)cc(Cl)cc1[N+](=O)[O-]. The van der Waals surface area contributed by atoms with E-state index in [4.69, 9.17) is 11.6 Å². The summed E-state index contributed by atoms with van der Waals surface area (Å²) in [7, 11) is 3.25. The summed E-state index contributed by atoms with van der Waals surface area (Å²) in [6.45, 7) is 5.51. The van der Waals surface area contributed by atoms with Crippen molar-refractivity contribution < 1.29 is 14.5 Å². The van der Waals surface area contributed by atoms with E-state index in [0.29, 0.717) is 11.8 Å². The van der Waals surface area contributed by atoms with Crippen LogP contribution in [-0.4, -0.2) is 25.4 Å². The summed E-state index contributed by atoms with van der Waals surface area (Å²) in [6, 6.07) is 2.63. The second-order valence-corrected chi connectivity index (χ2v) is 3.36. The van der Waals surface area contributed by atoms with Crippen molar-refractivity contribution in [3.8, 4) is 0 Å². The number of methoxy groups -OCH3 is 1. The van der Waals surface area contributed by atoms with Crippen molar-refractivity contribution in [3.05, 3.63) is 38.4 Å². The van der Waals surface area contributed by atoms with Crippen molar-refractivity contribution in [1.82, 2.24) is 0 Å². The molecule has 0 saturated carbocycles. The average Bonchev–Trinajstić information content (AvgIpc) is 2.35. The van der Waals surface area contributed by atoms with Crippen LogP contribution < -0.4 is 0 Å². The topological polar surface area (TPSA) is 69.4 Å². The zero-order chi connectivity index (χ0) is 14.7. The van der Waals surface area contributed by atoms with Gasteiger partial charge < -0.3 is 4.74 Å². The summed E-state index contributed by atoms with van der Waals surface area (Å²) in [5, 5.41) is 10.7. The van der Waals surface area contributed by atoms with Gasteiger partial charge in [-0.15, -0.1) is 0 Å². The minimum atomic E-state index is -0.561. The van der Waals surface area contributed by atoms with Gasteiger partial charge in [-0.1, -0.05) is 25.4 Å². The van der Waals surface area contributed by atoms with Gasteiger partial charge in [-0.05, 0) is 13.0 Å². The maximum atomic E-state index is 10.5. The van der Waals surface area contributed by atoms with Crippen LogP contribution in [0.4, 0.5) is 5.69 Å². The van der Waals surface area contributed by atoms with E-state index in [1.807, 2.05) is 13.8 Å². The summed E-state index contributed by atoms with van der Waals surface area (Å²) in [5.74, 6) is 0. The van der Waals surface area contributed by atoms with E-state index in [2.05, 4.69) is 4.74 Å². The van der Waals surface area contributed by atoms with Crippen LogP contribution in [0.5, 0.6) is 0 Å². The number of nitro benzene ring substituents is 1. The van der Waals surface area contributed by atoms with E-state index < -0.39 is 4.92 Å². The Labute approximate surface area is 112 Å². The standard InChI is InChI=1S/C8H6ClNO3.C2H6O.C2H6/c1-5-6(4-11)2-7(9)3-8(5)10(12)13;1-3-2;1-2/h2-4H,1H3;1-2H3;1-2H3. The molecule has 0 radical (unpaired) electrons. The van der Waals surface area contributed by atoms with Crippen LogP contribution in [0.25, 0.3) is 0 Å². The fraction of sp³-hybridized carbons (Fsp3) is 0.417. The number of aldehydes is 1. The normalized spacial score (nSPS) is 8.33. The first-order valence-corrected chi connectivity index (χ1v) is 5.65. The molecule has 0 unspecified atom stereocenters. The lowest BCUT2D eigenvalue weighted by Gasteiger charge is -2.00. The number of hydrogen-bond donors (Lipinski definition) is 0. The first kappa shape index (κ1) is 18.9. The van der Waals surface area contributed by atoms with Crippen LogP contribution in [0, 0.1) is 17.0 Å². The lowest BCUT2D eigenvalue weighted by Crippen LogP contribution is -1.95. The highest BCUT2D eigenvalue weighted by molar-refractivity contribution is 6.31. The molecule has 18 heavy (non-hydrogen) atoms. The largest absolute Gasteiger partial charge is 0.388 e. The fourth-order valence-corrected chi connectivity index (χ4v) is 1.22. The van der Waals surface area contributed by atoms with Gasteiger partial charge in [0.15, 0.2) is 6.29 Å². The quantitative estimate of drug-likeness (QED) is 0.469. The number of ether oxygens (including phenoxy) is 1. The summed E-state index contributed by atoms with van der Waals surface area (Å²) < 4.78 is 4.25. The zero-order valence-electron chi connectivity index (χ0n) is 11.2. The Morgan fingerprint density at radius 3 is 2.11 bits per heavy atom. The smallest absolute Gasteiger partial charge is 0.274 e. The number of carbonyl (C=O) groups is 1. The minimum absolute atomic E-state index is 0.130. The lowest BCUT2D eigenvalue weighted by atomic mass is 10.1. The van der Waals surface area contributed by atoms with Crippen molar-refractivity contribution in [2.75, 3.05) is 14.2 Å². The summed E-state index contributed by atoms with van der Waals surface area (Å²) in [6.07, 6.45) is 0.550. The third kappa shape index (κ3) is 6.32. The van der Waals surface area contributed by atoms with Gasteiger partial charge in [0, 0.05) is 36.4 Å². The van der Waals surface area contributed by atoms with E-state index in [9.17, 15) is 14.9 Å². The fourth-order valence-electron chi connectivity index (χ4n) is 0.997. The number of rotatable bonds is 2. The molecule has 0 atom stereocenters. The molecule has 0 spiro atoms. The summed E-state index contributed by atoms with van der Waals surface area (Å²) in [4.78, 5) is 20.4. The van der Waals surface area contributed by atoms with E-state index in [-0.39, 0.29) is 16.3 Å². The molecular formula is C12H18ClNO4. The molecule has 0 fully saturated rings. The molecule has 0 amide bonds. The molecule has 0 aliphatic carbocycles. The molecule has 0 bridgehead atoms. The van der Waals surface area contributed by atoms with E-state index >= 15 is 0 Å². The molecular weight excluding hydrogens is 258 g/mol. The maximum absolute atomic E-state index is 10.5. The Morgan fingerprint density at radius 2 is 1.78 bits per heavy atom. The van der Waals surface area contributed by atoms with Gasteiger partial charge in [-0.3, -0.25) is 14.9 Å². The molecule has 0 aliphatic heterocycles. The molecule has 6 heteroatoms. The second-order valence-electron chi connectivity index (χ2n) is 2.92. The molecule has 5 nitrogen and oxygen atoms in total. The van der Waals surface area contributed by atoms with Crippen LogP contribution in [0.2, 0.25) is 5.02 Å². The van der Waals surface area contributed by atoms with Crippen LogP contribution in [-0.2, 0) is 4.74 Å². The zero-order valence-corrected chi connectivity index (χ0v) is 11.9. The molecule has 1 aromatic rings. The number of nitrogens with zero attached hydrogens (tertiary/aromatic N) is 1. The molecule has 1 rings (SSSR count). The minimum Gasteiger partial charge on any atom is -0.388 e. The van der Waals surface area contributed by atoms with E-state index in [1.54, 1.807) is 14.2 Å². The molecule has 102 valence electrons. The van der Waals surface area contributed by atoms with Crippen molar-refractivity contribution in [1.29, 1.82) is 0 Å². The van der Waals surface area contributed by atoms with Crippen molar-refractivity contribution >= 4 is 23.6 Å². The van der Waals surface area contributed by atoms with E-state index in [0.717, 1.165) is 0 Å². The van der Waals surface area contributed by atoms with Crippen LogP contribution >= 0.6 is 11.6 Å². The Kier molecular flexibility index (Phi) is 11.2. The highest BCUT2D eigenvalue weighted by Gasteiger charge is 2.14. The van der Waals surface area contributed by atoms with Gasteiger partial charge in [-0.2, -0.15) is 0 Å². The van der Waals surface area contributed by atoms with Gasteiger partial charge in [0.25, 0.3) is 5.69 Å².